The number of hydrogen-bond acceptors (Lipinski definition) is 3. The lowest BCUT2D eigenvalue weighted by Crippen LogP contribution is -2.45. The molecule has 1 amide bonds. The highest BCUT2D eigenvalue weighted by molar-refractivity contribution is 5.91. The minimum atomic E-state index is -0.272. The Hall–Kier alpha value is -0.610. The third-order valence-electron chi connectivity index (χ3n) is 3.48. The summed E-state index contributed by atoms with van der Waals surface area (Å²) in [5, 5.41) is 3.37. The topological polar surface area (TPSA) is 41.6 Å². The standard InChI is InChI=1S/C11H20N2O2/c1-8-12-11(5-6-11)9(14)13(8)7-10(2,3)15-4/h8,12H,5-7H2,1-4H3. The Kier molecular flexibility index (Phi) is 2.32. The number of ether oxygens (including phenoxy) is 1. The molecule has 86 valence electrons. The molecule has 1 N–H and O–H groups in total. The monoisotopic (exact) mass is 212 g/mol. The molecule has 0 radical (unpaired) electrons. The fourth-order valence-electron chi connectivity index (χ4n) is 2.16. The van der Waals surface area contributed by atoms with Gasteiger partial charge in [0, 0.05) is 7.11 Å². The van der Waals surface area contributed by atoms with Crippen LogP contribution in [0.3, 0.4) is 0 Å². The van der Waals surface area contributed by atoms with E-state index in [-0.39, 0.29) is 23.2 Å². The van der Waals surface area contributed by atoms with E-state index in [1.54, 1.807) is 7.11 Å². The highest BCUT2D eigenvalue weighted by atomic mass is 16.5. The first kappa shape index (κ1) is 10.9. The van der Waals surface area contributed by atoms with Crippen molar-refractivity contribution in [3.05, 3.63) is 0 Å². The van der Waals surface area contributed by atoms with Crippen LogP contribution in [0.1, 0.15) is 33.6 Å². The predicted molar refractivity (Wildman–Crippen MR) is 57.4 cm³/mol. The van der Waals surface area contributed by atoms with Crippen LogP contribution in [0, 0.1) is 0 Å². The van der Waals surface area contributed by atoms with E-state index in [4.69, 9.17) is 4.74 Å². The van der Waals surface area contributed by atoms with Crippen molar-refractivity contribution in [2.24, 2.45) is 0 Å². The summed E-state index contributed by atoms with van der Waals surface area (Å²) in [5.74, 6) is 0.250. The van der Waals surface area contributed by atoms with Crippen LogP contribution in [0.15, 0.2) is 0 Å². The maximum Gasteiger partial charge on any atom is 0.244 e. The van der Waals surface area contributed by atoms with Crippen molar-refractivity contribution in [1.29, 1.82) is 0 Å². The largest absolute Gasteiger partial charge is 0.377 e. The van der Waals surface area contributed by atoms with Gasteiger partial charge in [-0.25, -0.2) is 0 Å². The van der Waals surface area contributed by atoms with Gasteiger partial charge in [0.2, 0.25) is 5.91 Å². The van der Waals surface area contributed by atoms with Gasteiger partial charge in [-0.15, -0.1) is 0 Å². The van der Waals surface area contributed by atoms with Crippen molar-refractivity contribution < 1.29 is 9.53 Å². The Bertz CT molecular complexity index is 284. The van der Waals surface area contributed by atoms with Crippen molar-refractivity contribution in [2.45, 2.75) is 50.9 Å². The van der Waals surface area contributed by atoms with Crippen LogP contribution in [0.4, 0.5) is 0 Å². The third-order valence-corrected chi connectivity index (χ3v) is 3.48. The number of amides is 1. The van der Waals surface area contributed by atoms with Crippen LogP contribution in [0.25, 0.3) is 0 Å². The van der Waals surface area contributed by atoms with Gasteiger partial charge in [0.1, 0.15) is 0 Å². The molecule has 0 bridgehead atoms. The smallest absolute Gasteiger partial charge is 0.244 e. The summed E-state index contributed by atoms with van der Waals surface area (Å²) >= 11 is 0. The number of nitrogens with zero attached hydrogens (tertiary/aromatic N) is 1. The zero-order valence-electron chi connectivity index (χ0n) is 9.96. The van der Waals surface area contributed by atoms with Gasteiger partial charge in [-0.1, -0.05) is 0 Å². The average Bonchev–Trinajstić information content (AvgIpc) is 2.90. The molecule has 0 aromatic carbocycles. The first-order chi connectivity index (χ1) is 6.90. The molecule has 1 saturated heterocycles. The summed E-state index contributed by atoms with van der Waals surface area (Å²) in [5.41, 5.74) is -0.477. The van der Waals surface area contributed by atoms with Crippen LogP contribution in [0.2, 0.25) is 0 Å². The summed E-state index contributed by atoms with van der Waals surface area (Å²) in [6, 6.07) is 0. The Morgan fingerprint density at radius 2 is 2.20 bits per heavy atom. The Morgan fingerprint density at radius 3 is 2.60 bits per heavy atom. The fraction of sp³-hybridized carbons (Fsp3) is 0.909. The second-order valence-electron chi connectivity index (χ2n) is 5.30. The molecule has 1 aliphatic carbocycles. The van der Waals surface area contributed by atoms with Crippen LogP contribution in [-0.4, -0.2) is 41.8 Å². The lowest BCUT2D eigenvalue weighted by atomic mass is 10.1. The van der Waals surface area contributed by atoms with Crippen LogP contribution in [0.5, 0.6) is 0 Å². The molecule has 2 rings (SSSR count). The second-order valence-corrected chi connectivity index (χ2v) is 5.30. The number of methoxy groups -OCH3 is 1. The molecule has 2 fully saturated rings. The van der Waals surface area contributed by atoms with E-state index >= 15 is 0 Å². The summed E-state index contributed by atoms with van der Waals surface area (Å²) in [6.45, 7) is 6.70. The van der Waals surface area contributed by atoms with Crippen LogP contribution in [-0.2, 0) is 9.53 Å². The molecule has 0 aromatic rings. The number of carbonyl (C=O) groups excluding carboxylic acids is 1. The normalized spacial score (nSPS) is 28.9. The molecular weight excluding hydrogens is 192 g/mol. The number of nitrogens with one attached hydrogen (secondary N) is 1. The highest BCUT2D eigenvalue weighted by Gasteiger charge is 2.58. The lowest BCUT2D eigenvalue weighted by Gasteiger charge is -2.31. The van der Waals surface area contributed by atoms with Gasteiger partial charge in [-0.05, 0) is 33.6 Å². The molecule has 1 aliphatic heterocycles. The minimum Gasteiger partial charge on any atom is -0.377 e. The van der Waals surface area contributed by atoms with Gasteiger partial charge in [0.05, 0.1) is 23.9 Å². The number of rotatable bonds is 3. The summed E-state index contributed by atoms with van der Waals surface area (Å²) in [6.07, 6.45) is 2.11. The second kappa shape index (κ2) is 3.19. The molecule has 15 heavy (non-hydrogen) atoms. The summed E-state index contributed by atoms with van der Waals surface area (Å²) < 4.78 is 5.36. The molecule has 1 unspecified atom stereocenters. The number of carbonyl (C=O) groups is 1. The van der Waals surface area contributed by atoms with Gasteiger partial charge in [0.15, 0.2) is 0 Å². The van der Waals surface area contributed by atoms with Crippen molar-refractivity contribution in [1.82, 2.24) is 10.2 Å². The summed E-state index contributed by atoms with van der Waals surface area (Å²) in [7, 11) is 1.69. The molecule has 2 aliphatic rings. The predicted octanol–water partition coefficient (Wildman–Crippen LogP) is 0.722. The summed E-state index contributed by atoms with van der Waals surface area (Å²) in [4.78, 5) is 14.0. The first-order valence-electron chi connectivity index (χ1n) is 5.54. The first-order valence-corrected chi connectivity index (χ1v) is 5.54. The van der Waals surface area contributed by atoms with E-state index in [1.807, 2.05) is 25.7 Å². The lowest BCUT2D eigenvalue weighted by molar-refractivity contribution is -0.134. The van der Waals surface area contributed by atoms with Crippen molar-refractivity contribution in [3.8, 4) is 0 Å². The van der Waals surface area contributed by atoms with Gasteiger partial charge in [0.25, 0.3) is 0 Å². The fourth-order valence-corrected chi connectivity index (χ4v) is 2.16. The molecule has 1 heterocycles. The number of hydrogen-bond donors (Lipinski definition) is 1. The minimum absolute atomic E-state index is 0.134. The Balaban J connectivity index is 2.07. The zero-order chi connectivity index (χ0) is 11.3. The van der Waals surface area contributed by atoms with E-state index in [0.717, 1.165) is 12.8 Å². The molecule has 1 saturated carbocycles. The molecule has 4 nitrogen and oxygen atoms in total. The SMILES string of the molecule is COC(C)(C)CN1C(=O)C2(CC2)NC1C. The Morgan fingerprint density at radius 1 is 1.60 bits per heavy atom. The van der Waals surface area contributed by atoms with E-state index in [2.05, 4.69) is 5.32 Å². The molecule has 1 atom stereocenters. The van der Waals surface area contributed by atoms with Crippen LogP contribution < -0.4 is 5.32 Å². The van der Waals surface area contributed by atoms with Crippen LogP contribution >= 0.6 is 0 Å². The van der Waals surface area contributed by atoms with Gasteiger partial charge in [-0.2, -0.15) is 0 Å². The van der Waals surface area contributed by atoms with Gasteiger partial charge in [-0.3, -0.25) is 10.1 Å². The quantitative estimate of drug-likeness (QED) is 0.749. The maximum atomic E-state index is 12.1. The van der Waals surface area contributed by atoms with E-state index in [1.165, 1.54) is 0 Å². The van der Waals surface area contributed by atoms with Crippen molar-refractivity contribution in [3.63, 3.8) is 0 Å². The van der Waals surface area contributed by atoms with Gasteiger partial charge < -0.3 is 9.64 Å². The van der Waals surface area contributed by atoms with E-state index in [0.29, 0.717) is 6.54 Å². The average molecular weight is 212 g/mol. The van der Waals surface area contributed by atoms with Crippen molar-refractivity contribution in [2.75, 3.05) is 13.7 Å². The Labute approximate surface area is 91.0 Å². The zero-order valence-corrected chi connectivity index (χ0v) is 9.96. The molecule has 1 spiro atoms. The van der Waals surface area contributed by atoms with Crippen molar-refractivity contribution >= 4 is 5.91 Å². The van der Waals surface area contributed by atoms with E-state index < -0.39 is 0 Å². The molecule has 0 aromatic heterocycles. The highest BCUT2D eigenvalue weighted by Crippen LogP contribution is 2.42. The maximum absolute atomic E-state index is 12.1. The molecular formula is C11H20N2O2. The third kappa shape index (κ3) is 1.76. The van der Waals surface area contributed by atoms with E-state index in [9.17, 15) is 4.79 Å². The molecule has 4 heteroatoms. The van der Waals surface area contributed by atoms with Gasteiger partial charge >= 0.3 is 0 Å².